The third-order valence-corrected chi connectivity index (χ3v) is 1.83. The zero-order valence-corrected chi connectivity index (χ0v) is 13.1. The van der Waals surface area contributed by atoms with Crippen molar-refractivity contribution in [2.45, 2.75) is 58.8 Å². The largest absolute Gasteiger partial charge is 0.444 e. The lowest BCUT2D eigenvalue weighted by molar-refractivity contribution is 0.0442. The molecule has 0 radical (unpaired) electrons. The Balaban J connectivity index is 4.17. The summed E-state index contributed by atoms with van der Waals surface area (Å²) in [4.78, 5) is 22.9. The van der Waals surface area contributed by atoms with E-state index in [1.54, 1.807) is 41.5 Å². The summed E-state index contributed by atoms with van der Waals surface area (Å²) in [5.74, 6) is 0. The van der Waals surface area contributed by atoms with Crippen LogP contribution in [0.4, 0.5) is 9.59 Å². The van der Waals surface area contributed by atoms with Crippen molar-refractivity contribution in [2.24, 2.45) is 0 Å². The fourth-order valence-corrected chi connectivity index (χ4v) is 1.16. The molecular weight excluding hydrogens is 264 g/mol. The van der Waals surface area contributed by atoms with Gasteiger partial charge < -0.3 is 25.2 Å². The van der Waals surface area contributed by atoms with Gasteiger partial charge >= 0.3 is 12.2 Å². The third-order valence-electron chi connectivity index (χ3n) is 1.83. The molecule has 0 saturated heterocycles. The highest BCUT2D eigenvalue weighted by atomic mass is 16.6. The molecule has 0 bridgehead atoms. The molecule has 0 rings (SSSR count). The Morgan fingerprint density at radius 1 is 1.00 bits per heavy atom. The monoisotopic (exact) mass is 290 g/mol. The zero-order valence-electron chi connectivity index (χ0n) is 13.1. The topological polar surface area (TPSA) is 96.9 Å². The van der Waals surface area contributed by atoms with E-state index in [2.05, 4.69) is 10.6 Å². The molecule has 0 aromatic carbocycles. The Morgan fingerprint density at radius 3 is 1.85 bits per heavy atom. The SMILES string of the molecule is CC(C)(C)OC(=O)NCC(CO)NC(=O)OC(C)(C)C. The fourth-order valence-electron chi connectivity index (χ4n) is 1.16. The minimum atomic E-state index is -0.650. The summed E-state index contributed by atoms with van der Waals surface area (Å²) in [6.45, 7) is 10.2. The van der Waals surface area contributed by atoms with Crippen molar-refractivity contribution < 1.29 is 24.2 Å². The second kappa shape index (κ2) is 7.33. The molecule has 20 heavy (non-hydrogen) atoms. The van der Waals surface area contributed by atoms with Gasteiger partial charge in [-0.05, 0) is 41.5 Å². The second-order valence-corrected chi connectivity index (χ2v) is 6.41. The minimum absolute atomic E-state index is 0.0463. The van der Waals surface area contributed by atoms with Crippen molar-refractivity contribution in [3.8, 4) is 0 Å². The number of carbonyl (C=O) groups is 2. The van der Waals surface area contributed by atoms with Crippen molar-refractivity contribution in [3.63, 3.8) is 0 Å². The van der Waals surface area contributed by atoms with Crippen LogP contribution in [0.2, 0.25) is 0 Å². The van der Waals surface area contributed by atoms with Crippen LogP contribution in [0.15, 0.2) is 0 Å². The molecule has 1 unspecified atom stereocenters. The quantitative estimate of drug-likeness (QED) is 0.727. The Hall–Kier alpha value is -1.50. The van der Waals surface area contributed by atoms with E-state index < -0.39 is 29.4 Å². The number of ether oxygens (including phenoxy) is 2. The molecule has 0 aliphatic carbocycles. The van der Waals surface area contributed by atoms with Gasteiger partial charge in [0, 0.05) is 6.54 Å². The molecule has 7 nitrogen and oxygen atoms in total. The van der Waals surface area contributed by atoms with Crippen LogP contribution in [0.5, 0.6) is 0 Å². The fraction of sp³-hybridized carbons (Fsp3) is 0.846. The maximum Gasteiger partial charge on any atom is 0.408 e. The first-order valence-electron chi connectivity index (χ1n) is 6.50. The lowest BCUT2D eigenvalue weighted by Crippen LogP contribution is -2.48. The number of alkyl carbamates (subject to hydrolysis) is 2. The number of rotatable bonds is 4. The van der Waals surface area contributed by atoms with Crippen LogP contribution >= 0.6 is 0 Å². The molecular formula is C13H26N2O5. The Labute approximate surface area is 120 Å². The van der Waals surface area contributed by atoms with E-state index in [9.17, 15) is 9.59 Å². The Kier molecular flexibility index (Phi) is 6.78. The van der Waals surface area contributed by atoms with Crippen LogP contribution in [0.3, 0.4) is 0 Å². The maximum absolute atomic E-state index is 11.5. The summed E-state index contributed by atoms with van der Waals surface area (Å²) in [6.07, 6.45) is -1.26. The molecule has 0 heterocycles. The summed E-state index contributed by atoms with van der Waals surface area (Å²) in [7, 11) is 0. The van der Waals surface area contributed by atoms with Crippen molar-refractivity contribution in [3.05, 3.63) is 0 Å². The average molecular weight is 290 g/mol. The third kappa shape index (κ3) is 10.4. The molecule has 0 aromatic heterocycles. The number of amides is 2. The van der Waals surface area contributed by atoms with Crippen LogP contribution < -0.4 is 10.6 Å². The number of aliphatic hydroxyl groups excluding tert-OH is 1. The van der Waals surface area contributed by atoms with Crippen molar-refractivity contribution in [1.29, 1.82) is 0 Å². The Bertz CT molecular complexity index is 331. The summed E-state index contributed by atoms with van der Waals surface area (Å²) < 4.78 is 10.1. The van der Waals surface area contributed by atoms with E-state index >= 15 is 0 Å². The van der Waals surface area contributed by atoms with Gasteiger partial charge in [0.25, 0.3) is 0 Å². The molecule has 2 amide bonds. The van der Waals surface area contributed by atoms with E-state index in [1.165, 1.54) is 0 Å². The molecule has 0 aliphatic heterocycles. The van der Waals surface area contributed by atoms with Crippen LogP contribution in [0, 0.1) is 0 Å². The van der Waals surface area contributed by atoms with Gasteiger partial charge in [0.05, 0.1) is 12.6 Å². The first-order chi connectivity index (χ1) is 8.93. The molecule has 0 aliphatic rings. The van der Waals surface area contributed by atoms with Gasteiger partial charge in [0.2, 0.25) is 0 Å². The molecule has 0 fully saturated rings. The normalized spacial score (nSPS) is 13.3. The van der Waals surface area contributed by atoms with Crippen molar-refractivity contribution in [1.82, 2.24) is 10.6 Å². The number of hydrogen-bond acceptors (Lipinski definition) is 5. The van der Waals surface area contributed by atoms with E-state index in [1.807, 2.05) is 0 Å². The summed E-state index contributed by atoms with van der Waals surface area (Å²) in [5, 5.41) is 14.1. The Morgan fingerprint density at radius 2 is 1.45 bits per heavy atom. The number of aliphatic hydroxyl groups is 1. The number of hydrogen-bond donors (Lipinski definition) is 3. The highest BCUT2D eigenvalue weighted by Crippen LogP contribution is 2.07. The molecule has 0 saturated carbocycles. The van der Waals surface area contributed by atoms with Gasteiger partial charge in [-0.1, -0.05) is 0 Å². The number of carbonyl (C=O) groups excluding carboxylic acids is 2. The molecule has 7 heteroatoms. The van der Waals surface area contributed by atoms with Gasteiger partial charge in [0.15, 0.2) is 0 Å². The van der Waals surface area contributed by atoms with Gasteiger partial charge in [-0.15, -0.1) is 0 Å². The first-order valence-corrected chi connectivity index (χ1v) is 6.50. The minimum Gasteiger partial charge on any atom is -0.444 e. The lowest BCUT2D eigenvalue weighted by atomic mass is 10.2. The van der Waals surface area contributed by atoms with Gasteiger partial charge in [-0.3, -0.25) is 0 Å². The second-order valence-electron chi connectivity index (χ2n) is 6.41. The standard InChI is InChI=1S/C13H26N2O5/c1-12(2,3)19-10(17)14-7-9(8-16)15-11(18)20-13(4,5)6/h9,16H,7-8H2,1-6H3,(H,14,17)(H,15,18). The van der Waals surface area contributed by atoms with Crippen LogP contribution in [-0.4, -0.2) is 47.7 Å². The van der Waals surface area contributed by atoms with Gasteiger partial charge in [-0.2, -0.15) is 0 Å². The van der Waals surface area contributed by atoms with E-state index in [0.717, 1.165) is 0 Å². The van der Waals surface area contributed by atoms with Crippen LogP contribution in [0.1, 0.15) is 41.5 Å². The molecule has 0 aromatic rings. The van der Waals surface area contributed by atoms with Crippen molar-refractivity contribution in [2.75, 3.05) is 13.2 Å². The molecule has 1 atom stereocenters. The summed E-state index contributed by atoms with van der Waals surface area (Å²) >= 11 is 0. The molecule has 0 spiro atoms. The van der Waals surface area contributed by atoms with E-state index in [4.69, 9.17) is 14.6 Å². The highest BCUT2D eigenvalue weighted by molar-refractivity contribution is 5.69. The molecule has 118 valence electrons. The predicted molar refractivity (Wildman–Crippen MR) is 74.5 cm³/mol. The maximum atomic E-state index is 11.5. The van der Waals surface area contributed by atoms with Crippen molar-refractivity contribution >= 4 is 12.2 Å². The van der Waals surface area contributed by atoms with Crippen LogP contribution in [-0.2, 0) is 9.47 Å². The number of nitrogens with one attached hydrogen (secondary N) is 2. The highest BCUT2D eigenvalue weighted by Gasteiger charge is 2.21. The first kappa shape index (κ1) is 18.5. The smallest absolute Gasteiger partial charge is 0.408 e. The zero-order chi connectivity index (χ0) is 16.0. The van der Waals surface area contributed by atoms with E-state index in [-0.39, 0.29) is 13.2 Å². The van der Waals surface area contributed by atoms with Gasteiger partial charge in [0.1, 0.15) is 11.2 Å². The summed E-state index contributed by atoms with van der Waals surface area (Å²) in [6, 6.07) is -0.641. The average Bonchev–Trinajstić information content (AvgIpc) is 2.18. The van der Waals surface area contributed by atoms with Crippen LogP contribution in [0.25, 0.3) is 0 Å². The predicted octanol–water partition coefficient (Wildman–Crippen LogP) is 1.40. The summed E-state index contributed by atoms with van der Waals surface area (Å²) in [5.41, 5.74) is -1.22. The van der Waals surface area contributed by atoms with E-state index in [0.29, 0.717) is 0 Å². The molecule has 3 N–H and O–H groups in total. The van der Waals surface area contributed by atoms with Gasteiger partial charge in [-0.25, -0.2) is 9.59 Å². The lowest BCUT2D eigenvalue weighted by Gasteiger charge is -2.24.